The standard InChI is InChI=1S/C50H29N3O3.C30H18BrNO.C26H23BN2O4/c1-2-10-36(11-3-1)53-43-15-7-4-12-37(43)38-27-30(18-21-44(38)53)31-19-22-45-39(28-31)40-29-32(20-23-46(40)54-45)33-24-34(49-51-41-13-5-8-16-47(41)55-49)26-35(25-33)50-52-42-14-6-9-17-48(42)56-50;31-21-12-15-30-26(18-21)25-17-20(11-14-29(25)33-30)19-10-13-28-24(16-19)23-8-4-5-9-27(23)32(28)22-6-2-1-3-7-22;1-25(2)26(3,4)33-27(32-25)18-14-16(23-28-19-9-5-7-11-21(19)30-23)13-17(15-18)24-29-20-10-6-8-12-22(20)31-24/h1-29H;1-18H;5-15H,1-4H3. The third-order valence-electron chi connectivity index (χ3n) is 23.9. The molecule has 0 aliphatic carbocycles. The van der Waals surface area contributed by atoms with Gasteiger partial charge in [-0.2, -0.15) is 0 Å². The molecule has 25 rings (SSSR count). The van der Waals surface area contributed by atoms with Crippen LogP contribution in [0.3, 0.4) is 0 Å². The maximum absolute atomic E-state index is 6.41. The van der Waals surface area contributed by atoms with Crippen LogP contribution in [0.2, 0.25) is 0 Å². The number of aromatic nitrogens is 6. The molecule has 0 unspecified atom stereocenters. The minimum Gasteiger partial charge on any atom is -0.456 e. The zero-order valence-corrected chi connectivity index (χ0v) is 68.0. The van der Waals surface area contributed by atoms with Crippen molar-refractivity contribution in [2.75, 3.05) is 0 Å². The summed E-state index contributed by atoms with van der Waals surface area (Å²) >= 11 is 3.59. The summed E-state index contributed by atoms with van der Waals surface area (Å²) < 4.78 is 55.5. The Labute approximate surface area is 706 Å². The quantitative estimate of drug-likeness (QED) is 0.119. The smallest absolute Gasteiger partial charge is 0.456 e. The zero-order chi connectivity index (χ0) is 81.5. The maximum atomic E-state index is 6.41. The van der Waals surface area contributed by atoms with Crippen LogP contribution in [-0.4, -0.2) is 47.4 Å². The second-order valence-corrected chi connectivity index (χ2v) is 32.9. The van der Waals surface area contributed by atoms with Crippen LogP contribution in [0.5, 0.6) is 0 Å². The summed E-state index contributed by atoms with van der Waals surface area (Å²) in [4.78, 5) is 19.0. The van der Waals surface area contributed by atoms with Crippen molar-refractivity contribution in [3.63, 3.8) is 0 Å². The number of fused-ring (bicyclic) bond motifs is 16. The first-order valence-corrected chi connectivity index (χ1v) is 41.4. The number of para-hydroxylation sites is 12. The van der Waals surface area contributed by atoms with Crippen LogP contribution in [0.15, 0.2) is 383 Å². The minimum absolute atomic E-state index is 0.455. The Balaban J connectivity index is 0.000000113. The summed E-state index contributed by atoms with van der Waals surface area (Å²) in [6.07, 6.45) is 0. The molecule has 8 aromatic heterocycles. The highest BCUT2D eigenvalue weighted by atomic mass is 79.9. The van der Waals surface area contributed by atoms with E-state index in [9.17, 15) is 0 Å². The number of benzene rings is 16. The molecule has 122 heavy (non-hydrogen) atoms. The molecule has 1 fully saturated rings. The summed E-state index contributed by atoms with van der Waals surface area (Å²) in [7, 11) is -0.539. The van der Waals surface area contributed by atoms with Crippen LogP contribution in [0, 0.1) is 0 Å². The number of rotatable bonds is 10. The second-order valence-electron chi connectivity index (χ2n) is 32.0. The van der Waals surface area contributed by atoms with E-state index in [0.29, 0.717) is 23.6 Å². The van der Waals surface area contributed by atoms with E-state index in [4.69, 9.17) is 45.8 Å². The molecule has 0 amide bonds. The van der Waals surface area contributed by atoms with E-state index in [1.54, 1.807) is 0 Å². The molecule has 0 atom stereocenters. The molecule has 1 saturated heterocycles. The molecule has 0 bridgehead atoms. The molecule has 16 aromatic carbocycles. The van der Waals surface area contributed by atoms with Crippen molar-refractivity contribution in [1.82, 2.24) is 29.1 Å². The van der Waals surface area contributed by atoms with Gasteiger partial charge in [0, 0.05) is 81.2 Å². The van der Waals surface area contributed by atoms with E-state index in [-0.39, 0.29) is 0 Å². The van der Waals surface area contributed by atoms with Gasteiger partial charge < -0.3 is 44.9 Å². The van der Waals surface area contributed by atoms with Crippen molar-refractivity contribution in [1.29, 1.82) is 0 Å². The largest absolute Gasteiger partial charge is 0.494 e. The highest BCUT2D eigenvalue weighted by Crippen LogP contribution is 2.45. The first kappa shape index (κ1) is 72.3. The van der Waals surface area contributed by atoms with Gasteiger partial charge >= 0.3 is 7.12 Å². The molecule has 14 nitrogen and oxygen atoms in total. The lowest BCUT2D eigenvalue weighted by molar-refractivity contribution is 0.00578. The predicted octanol–water partition coefficient (Wildman–Crippen LogP) is 28.3. The Morgan fingerprint density at radius 2 is 0.533 bits per heavy atom. The summed E-state index contributed by atoms with van der Waals surface area (Å²) in [6, 6.07) is 121. The zero-order valence-electron chi connectivity index (χ0n) is 66.4. The Bertz CT molecular complexity index is 7960. The van der Waals surface area contributed by atoms with Gasteiger partial charge in [0.25, 0.3) is 0 Å². The average Bonchev–Trinajstić information content (AvgIpc) is 1.60. The molecule has 9 heterocycles. The number of nitrogens with zero attached hydrogens (tertiary/aromatic N) is 6. The molecule has 1 aliphatic heterocycles. The lowest BCUT2D eigenvalue weighted by Gasteiger charge is -2.32. The van der Waals surface area contributed by atoms with Crippen molar-refractivity contribution >= 4 is 160 Å². The van der Waals surface area contributed by atoms with E-state index in [0.717, 1.165) is 148 Å². The van der Waals surface area contributed by atoms with E-state index in [2.05, 4.69) is 253 Å². The van der Waals surface area contributed by atoms with Gasteiger partial charge in [-0.3, -0.25) is 0 Å². The predicted molar refractivity (Wildman–Crippen MR) is 494 cm³/mol. The normalized spacial score (nSPS) is 13.3. The van der Waals surface area contributed by atoms with Crippen LogP contribution in [-0.2, 0) is 9.31 Å². The highest BCUT2D eigenvalue weighted by Gasteiger charge is 2.52. The highest BCUT2D eigenvalue weighted by molar-refractivity contribution is 9.10. The Morgan fingerprint density at radius 1 is 0.238 bits per heavy atom. The fraction of sp³-hybridized carbons (Fsp3) is 0.0566. The number of hydrogen-bond donors (Lipinski definition) is 0. The topological polar surface area (TPSA) is 159 Å². The van der Waals surface area contributed by atoms with Crippen molar-refractivity contribution < 1.29 is 35.8 Å². The lowest BCUT2D eigenvalue weighted by Crippen LogP contribution is -2.41. The summed E-state index contributed by atoms with van der Waals surface area (Å²) in [5, 5.41) is 9.32. The van der Waals surface area contributed by atoms with Gasteiger partial charge in [-0.05, 0) is 267 Å². The van der Waals surface area contributed by atoms with E-state index in [1.165, 1.54) is 60.4 Å². The third-order valence-corrected chi connectivity index (χ3v) is 24.3. The molecule has 0 saturated carbocycles. The van der Waals surface area contributed by atoms with Crippen LogP contribution >= 0.6 is 15.9 Å². The van der Waals surface area contributed by atoms with Crippen LogP contribution in [0.25, 0.3) is 222 Å². The van der Waals surface area contributed by atoms with E-state index < -0.39 is 18.3 Å². The summed E-state index contributed by atoms with van der Waals surface area (Å²) in [5.74, 6) is 2.11. The van der Waals surface area contributed by atoms with Gasteiger partial charge in [-0.15, -0.1) is 0 Å². The van der Waals surface area contributed by atoms with Gasteiger partial charge in [0.2, 0.25) is 23.6 Å². The van der Waals surface area contributed by atoms with Gasteiger partial charge in [-0.25, -0.2) is 19.9 Å². The van der Waals surface area contributed by atoms with Crippen molar-refractivity contribution in [3.8, 4) is 90.6 Å². The van der Waals surface area contributed by atoms with Crippen molar-refractivity contribution in [3.05, 3.63) is 356 Å². The molecular formula is C106H70BBrN6O8. The summed E-state index contributed by atoms with van der Waals surface area (Å²) in [6.45, 7) is 8.16. The minimum atomic E-state index is -0.539. The molecular weight excluding hydrogens is 1580 g/mol. The number of hydrogen-bond acceptors (Lipinski definition) is 12. The van der Waals surface area contributed by atoms with Gasteiger partial charge in [0.15, 0.2) is 22.3 Å². The van der Waals surface area contributed by atoms with E-state index >= 15 is 0 Å². The van der Waals surface area contributed by atoms with Gasteiger partial charge in [-0.1, -0.05) is 168 Å². The number of furan rings is 2. The van der Waals surface area contributed by atoms with Crippen molar-refractivity contribution in [2.45, 2.75) is 38.9 Å². The molecule has 24 aromatic rings. The molecule has 0 spiro atoms. The fourth-order valence-corrected chi connectivity index (χ4v) is 17.5. The van der Waals surface area contributed by atoms with Crippen LogP contribution < -0.4 is 5.46 Å². The maximum Gasteiger partial charge on any atom is 0.494 e. The van der Waals surface area contributed by atoms with Gasteiger partial charge in [0.1, 0.15) is 44.4 Å². The SMILES string of the molecule is Brc1ccc2oc3ccc(-c4ccc5c(c4)c4ccccc4n5-c4ccccc4)cc3c2c1.CC1(C)OB(c2cc(-c3nc4ccccc4o3)cc(-c3nc4ccccc4o3)c2)OC1(C)C.c1ccc(-n2c3ccccc3c3cc(-c4ccc5oc6ccc(-c7cc(-c8nc9ccccc9o8)cc(-c8nc9ccccc9o8)c7)cc6c5c4)ccc32)cc1. The number of oxazole rings is 4. The molecule has 582 valence electrons. The Hall–Kier alpha value is -14.9. The van der Waals surface area contributed by atoms with Crippen LogP contribution in [0.1, 0.15) is 27.7 Å². The molecule has 1 aliphatic rings. The van der Waals surface area contributed by atoms with E-state index in [1.807, 2.05) is 161 Å². The Morgan fingerprint density at radius 3 is 0.918 bits per heavy atom. The van der Waals surface area contributed by atoms with Gasteiger partial charge in [0.05, 0.1) is 33.3 Å². The molecule has 16 heteroatoms. The average molecular weight is 1650 g/mol. The van der Waals surface area contributed by atoms with Crippen molar-refractivity contribution in [2.24, 2.45) is 0 Å². The first-order chi connectivity index (χ1) is 59.7. The third kappa shape index (κ3) is 12.6. The number of halogens is 1. The monoisotopic (exact) mass is 1640 g/mol. The second kappa shape index (κ2) is 28.7. The molecule has 0 N–H and O–H groups in total. The van der Waals surface area contributed by atoms with Crippen LogP contribution in [0.4, 0.5) is 0 Å². The first-order valence-electron chi connectivity index (χ1n) is 40.6. The summed E-state index contributed by atoms with van der Waals surface area (Å²) in [5.41, 5.74) is 26.6. The fourth-order valence-electron chi connectivity index (χ4n) is 17.1. The lowest BCUT2D eigenvalue weighted by atomic mass is 9.77. The Kier molecular flexibility index (Phi) is 17.0. The molecule has 0 radical (unpaired) electrons.